The van der Waals surface area contributed by atoms with Crippen LogP contribution in [0.4, 0.5) is 4.39 Å². The van der Waals surface area contributed by atoms with Gasteiger partial charge in [0.25, 0.3) is 0 Å². The van der Waals surface area contributed by atoms with Gasteiger partial charge in [0.15, 0.2) is 5.60 Å². The van der Waals surface area contributed by atoms with Gasteiger partial charge in [0, 0.05) is 5.56 Å². The zero-order chi connectivity index (χ0) is 22.2. The summed E-state index contributed by atoms with van der Waals surface area (Å²) >= 11 is 5.84. The van der Waals surface area contributed by atoms with Crippen molar-refractivity contribution in [2.75, 3.05) is 6.61 Å². The Morgan fingerprint density at radius 3 is 2.63 bits per heavy atom. The Morgan fingerprint density at radius 1 is 1.33 bits per heavy atom. The van der Waals surface area contributed by atoms with Crippen molar-refractivity contribution in [2.45, 2.75) is 37.9 Å². The summed E-state index contributed by atoms with van der Waals surface area (Å²) in [5, 5.41) is 39.8. The Hall–Kier alpha value is -2.23. The van der Waals surface area contributed by atoms with Crippen LogP contribution in [0.2, 0.25) is 5.02 Å². The SMILES string of the molecule is Cc1cc(-c2cccc(Cl)c2F)ccc1O[C@H]1OC(CO)[C@@H](C(=O)O)C(O)[C@]1(C)O. The highest BCUT2D eigenvalue weighted by molar-refractivity contribution is 6.31. The Kier molecular flexibility index (Phi) is 6.35. The molecule has 1 fully saturated rings. The molecule has 0 radical (unpaired) electrons. The molecule has 0 amide bonds. The molecule has 3 rings (SSSR count). The minimum atomic E-state index is -2.07. The fourth-order valence-corrected chi connectivity index (χ4v) is 3.65. The van der Waals surface area contributed by atoms with E-state index in [1.165, 1.54) is 19.1 Å². The summed E-state index contributed by atoms with van der Waals surface area (Å²) in [6.45, 7) is 2.20. The Morgan fingerprint density at radius 2 is 2.03 bits per heavy atom. The minimum absolute atomic E-state index is 0.00542. The van der Waals surface area contributed by atoms with Crippen LogP contribution in [0.1, 0.15) is 12.5 Å². The number of halogens is 2. The van der Waals surface area contributed by atoms with Gasteiger partial charge in [-0.15, -0.1) is 0 Å². The molecule has 1 heterocycles. The monoisotopic (exact) mass is 440 g/mol. The van der Waals surface area contributed by atoms with Gasteiger partial charge >= 0.3 is 5.97 Å². The molecule has 2 aromatic rings. The molecule has 2 aromatic carbocycles. The van der Waals surface area contributed by atoms with Gasteiger partial charge in [-0.2, -0.15) is 0 Å². The summed E-state index contributed by atoms with van der Waals surface area (Å²) in [7, 11) is 0. The number of aryl methyl sites for hydroxylation is 1. The summed E-state index contributed by atoms with van der Waals surface area (Å²) in [5.74, 6) is -3.23. The zero-order valence-electron chi connectivity index (χ0n) is 16.3. The number of carbonyl (C=O) groups is 1. The quantitative estimate of drug-likeness (QED) is 0.564. The molecule has 30 heavy (non-hydrogen) atoms. The molecule has 7 nitrogen and oxygen atoms in total. The fourth-order valence-electron chi connectivity index (χ4n) is 3.48. The van der Waals surface area contributed by atoms with E-state index in [0.717, 1.165) is 0 Å². The average molecular weight is 441 g/mol. The molecule has 1 aliphatic rings. The number of hydrogen-bond donors (Lipinski definition) is 4. The van der Waals surface area contributed by atoms with Gasteiger partial charge in [-0.25, -0.2) is 4.39 Å². The van der Waals surface area contributed by atoms with Crippen molar-refractivity contribution in [2.24, 2.45) is 5.92 Å². The Balaban J connectivity index is 1.89. The molecule has 0 aromatic heterocycles. The van der Waals surface area contributed by atoms with Crippen LogP contribution in [-0.2, 0) is 9.53 Å². The predicted molar refractivity (Wildman–Crippen MR) is 106 cm³/mol. The summed E-state index contributed by atoms with van der Waals surface area (Å²) in [6, 6.07) is 9.44. The van der Waals surface area contributed by atoms with Gasteiger partial charge in [0.1, 0.15) is 29.7 Å². The zero-order valence-corrected chi connectivity index (χ0v) is 17.0. The van der Waals surface area contributed by atoms with E-state index in [-0.39, 0.29) is 10.8 Å². The predicted octanol–water partition coefficient (Wildman–Crippen LogP) is 2.36. The first-order valence-electron chi connectivity index (χ1n) is 9.19. The maximum Gasteiger partial charge on any atom is 0.312 e. The van der Waals surface area contributed by atoms with Gasteiger partial charge in [0.2, 0.25) is 6.29 Å². The third-order valence-corrected chi connectivity index (χ3v) is 5.54. The summed E-state index contributed by atoms with van der Waals surface area (Å²) in [5.41, 5.74) is -0.644. The van der Waals surface area contributed by atoms with E-state index in [2.05, 4.69) is 0 Å². The second-order valence-electron chi connectivity index (χ2n) is 7.42. The first-order valence-corrected chi connectivity index (χ1v) is 9.57. The van der Waals surface area contributed by atoms with Gasteiger partial charge in [0.05, 0.1) is 11.6 Å². The molecular weight excluding hydrogens is 419 g/mol. The van der Waals surface area contributed by atoms with Crippen LogP contribution in [0.25, 0.3) is 11.1 Å². The lowest BCUT2D eigenvalue weighted by Gasteiger charge is -2.46. The number of benzene rings is 2. The number of carboxylic acids is 1. The number of aliphatic hydroxyl groups excluding tert-OH is 2. The average Bonchev–Trinajstić information content (AvgIpc) is 2.68. The van der Waals surface area contributed by atoms with Gasteiger partial charge in [-0.3, -0.25) is 4.79 Å². The minimum Gasteiger partial charge on any atom is -0.481 e. The van der Waals surface area contributed by atoms with Gasteiger partial charge < -0.3 is 29.9 Å². The molecule has 1 saturated heterocycles. The standard InChI is InChI=1S/C21H22ClFO7/c1-10-8-11(12-4-3-5-13(22)17(12)23)6-7-14(10)29-20-21(2,28)18(25)16(19(26)27)15(9-24)30-20/h3-8,15-16,18,20,24-25,28H,9H2,1-2H3,(H,26,27)/t15?,16-,18?,20+,21+/m1/s1. The second-order valence-corrected chi connectivity index (χ2v) is 7.83. The van der Waals surface area contributed by atoms with Crippen molar-refractivity contribution in [3.63, 3.8) is 0 Å². The highest BCUT2D eigenvalue weighted by Crippen LogP contribution is 2.37. The maximum atomic E-state index is 14.3. The molecule has 1 aliphatic heterocycles. The lowest BCUT2D eigenvalue weighted by atomic mass is 9.81. The molecule has 2 unspecified atom stereocenters. The van der Waals surface area contributed by atoms with Crippen molar-refractivity contribution in [3.05, 3.63) is 52.8 Å². The smallest absolute Gasteiger partial charge is 0.312 e. The first kappa shape index (κ1) is 22.5. The number of aliphatic carboxylic acids is 1. The van der Waals surface area contributed by atoms with Crippen LogP contribution >= 0.6 is 11.6 Å². The topological polar surface area (TPSA) is 116 Å². The highest BCUT2D eigenvalue weighted by atomic mass is 35.5. The normalized spacial score (nSPS) is 28.9. The van der Waals surface area contributed by atoms with E-state index in [9.17, 15) is 29.6 Å². The van der Waals surface area contributed by atoms with E-state index >= 15 is 0 Å². The Bertz CT molecular complexity index is 949. The maximum absolute atomic E-state index is 14.3. The third-order valence-electron chi connectivity index (χ3n) is 5.25. The van der Waals surface area contributed by atoms with E-state index < -0.39 is 48.4 Å². The van der Waals surface area contributed by atoms with Crippen LogP contribution in [0.5, 0.6) is 5.75 Å². The van der Waals surface area contributed by atoms with E-state index in [1.54, 1.807) is 31.2 Å². The number of aliphatic hydroxyl groups is 3. The van der Waals surface area contributed by atoms with Gasteiger partial charge in [-0.1, -0.05) is 29.8 Å². The molecule has 0 saturated carbocycles. The van der Waals surface area contributed by atoms with E-state index in [0.29, 0.717) is 16.7 Å². The van der Waals surface area contributed by atoms with Crippen LogP contribution in [0, 0.1) is 18.7 Å². The number of rotatable bonds is 5. The Labute approximate surface area is 177 Å². The van der Waals surface area contributed by atoms with Crippen molar-refractivity contribution in [1.82, 2.24) is 0 Å². The molecule has 0 aliphatic carbocycles. The van der Waals surface area contributed by atoms with E-state index in [1.807, 2.05) is 0 Å². The molecule has 5 atom stereocenters. The fraction of sp³-hybridized carbons (Fsp3) is 0.381. The second kappa shape index (κ2) is 8.49. The van der Waals surface area contributed by atoms with Crippen molar-refractivity contribution < 1.29 is 39.1 Å². The van der Waals surface area contributed by atoms with Crippen LogP contribution in [-0.4, -0.2) is 57.1 Å². The number of hydrogen-bond acceptors (Lipinski definition) is 6. The highest BCUT2D eigenvalue weighted by Gasteiger charge is 2.56. The lowest BCUT2D eigenvalue weighted by Crippen LogP contribution is -2.66. The molecular formula is C21H22ClFO7. The van der Waals surface area contributed by atoms with Crippen LogP contribution < -0.4 is 4.74 Å². The molecule has 9 heteroatoms. The number of carboxylic acid groups (broad SMARTS) is 1. The molecule has 4 N–H and O–H groups in total. The first-order chi connectivity index (χ1) is 14.1. The van der Waals surface area contributed by atoms with Crippen molar-refractivity contribution in [1.29, 1.82) is 0 Å². The lowest BCUT2D eigenvalue weighted by molar-refractivity contribution is -0.301. The number of ether oxygens (including phenoxy) is 2. The molecule has 162 valence electrons. The molecule has 0 spiro atoms. The third kappa shape index (κ3) is 4.01. The summed E-state index contributed by atoms with van der Waals surface area (Å²) in [6.07, 6.45) is -4.47. The van der Waals surface area contributed by atoms with Crippen LogP contribution in [0.15, 0.2) is 36.4 Å². The van der Waals surface area contributed by atoms with Crippen LogP contribution in [0.3, 0.4) is 0 Å². The molecule has 0 bridgehead atoms. The van der Waals surface area contributed by atoms with Crippen molar-refractivity contribution >= 4 is 17.6 Å². The summed E-state index contributed by atoms with van der Waals surface area (Å²) < 4.78 is 25.5. The van der Waals surface area contributed by atoms with E-state index in [4.69, 9.17) is 21.1 Å². The summed E-state index contributed by atoms with van der Waals surface area (Å²) in [4.78, 5) is 11.4. The van der Waals surface area contributed by atoms with Crippen molar-refractivity contribution in [3.8, 4) is 16.9 Å². The largest absolute Gasteiger partial charge is 0.481 e. The van der Waals surface area contributed by atoms with Gasteiger partial charge in [-0.05, 0) is 43.2 Å².